The zero-order chi connectivity index (χ0) is 18.1. The molecule has 3 nitrogen and oxygen atoms in total. The van der Waals surface area contributed by atoms with Gasteiger partial charge in [0.15, 0.2) is 0 Å². The largest absolute Gasteiger partial charge is 0.309 e. The Balaban J connectivity index is 1.95. The third-order valence-electron chi connectivity index (χ3n) is 4.67. The topological polar surface area (TPSA) is 59.6 Å². The normalized spacial score (nSPS) is 12.3. The van der Waals surface area contributed by atoms with Gasteiger partial charge in [-0.1, -0.05) is 18.2 Å². The van der Waals surface area contributed by atoms with Crippen molar-refractivity contribution in [2.75, 3.05) is 0 Å². The van der Waals surface area contributed by atoms with Crippen molar-refractivity contribution >= 4 is 0 Å². The van der Waals surface area contributed by atoms with Crippen molar-refractivity contribution in [2.24, 2.45) is 0 Å². The standard InChI is InChI=1S/C22H14FN3/c23-22-9-16(4-5-17(22)11-25)21-8-19-13-26-12-18(19)7-20(21)15-3-1-2-14(6-15)10-24/h1-9,26H,12-13H2. The second-order valence-corrected chi connectivity index (χ2v) is 6.27. The Hall–Kier alpha value is -3.47. The molecule has 0 atom stereocenters. The molecule has 1 aliphatic heterocycles. The molecule has 0 radical (unpaired) electrons. The monoisotopic (exact) mass is 339 g/mol. The van der Waals surface area contributed by atoms with Gasteiger partial charge in [0, 0.05) is 13.1 Å². The van der Waals surface area contributed by atoms with E-state index in [4.69, 9.17) is 5.26 Å². The van der Waals surface area contributed by atoms with E-state index in [1.807, 2.05) is 24.3 Å². The maximum absolute atomic E-state index is 14.2. The van der Waals surface area contributed by atoms with E-state index >= 15 is 0 Å². The second-order valence-electron chi connectivity index (χ2n) is 6.27. The van der Waals surface area contributed by atoms with Gasteiger partial charge in [0.1, 0.15) is 11.9 Å². The van der Waals surface area contributed by atoms with Crippen LogP contribution in [0.5, 0.6) is 0 Å². The maximum atomic E-state index is 14.2. The first-order valence-corrected chi connectivity index (χ1v) is 8.26. The fourth-order valence-electron chi connectivity index (χ4n) is 3.36. The van der Waals surface area contributed by atoms with E-state index in [0.717, 1.165) is 29.8 Å². The lowest BCUT2D eigenvalue weighted by molar-refractivity contribution is 0.624. The number of rotatable bonds is 2. The number of nitrogens with one attached hydrogen (secondary N) is 1. The van der Waals surface area contributed by atoms with Crippen LogP contribution in [-0.2, 0) is 13.1 Å². The number of hydrogen-bond acceptors (Lipinski definition) is 3. The summed E-state index contributed by atoms with van der Waals surface area (Å²) in [6, 6.07) is 20.3. The average molecular weight is 339 g/mol. The summed E-state index contributed by atoms with van der Waals surface area (Å²) in [6.45, 7) is 1.57. The van der Waals surface area contributed by atoms with Crippen molar-refractivity contribution in [2.45, 2.75) is 13.1 Å². The van der Waals surface area contributed by atoms with Crippen LogP contribution in [0.25, 0.3) is 22.3 Å². The highest BCUT2D eigenvalue weighted by atomic mass is 19.1. The van der Waals surface area contributed by atoms with E-state index in [1.165, 1.54) is 23.3 Å². The number of benzene rings is 3. The number of fused-ring (bicyclic) bond motifs is 1. The summed E-state index contributed by atoms with van der Waals surface area (Å²) < 4.78 is 14.2. The van der Waals surface area contributed by atoms with Gasteiger partial charge in [-0.15, -0.1) is 0 Å². The lowest BCUT2D eigenvalue weighted by Gasteiger charge is -2.14. The van der Waals surface area contributed by atoms with E-state index in [2.05, 4.69) is 23.5 Å². The molecule has 0 aliphatic carbocycles. The van der Waals surface area contributed by atoms with Crippen LogP contribution in [0.4, 0.5) is 4.39 Å². The first-order chi connectivity index (χ1) is 12.7. The van der Waals surface area contributed by atoms with Crippen LogP contribution in [0.2, 0.25) is 0 Å². The molecule has 0 unspecified atom stereocenters. The van der Waals surface area contributed by atoms with Crippen molar-refractivity contribution in [1.29, 1.82) is 10.5 Å². The highest BCUT2D eigenvalue weighted by molar-refractivity contribution is 5.85. The Kier molecular flexibility index (Phi) is 3.97. The minimum atomic E-state index is -0.527. The molecule has 0 aromatic heterocycles. The number of nitrogens with zero attached hydrogens (tertiary/aromatic N) is 2. The Labute approximate surface area is 151 Å². The van der Waals surface area contributed by atoms with Gasteiger partial charge >= 0.3 is 0 Å². The minimum absolute atomic E-state index is 0.0320. The van der Waals surface area contributed by atoms with Gasteiger partial charge in [0.05, 0.1) is 17.2 Å². The zero-order valence-corrected chi connectivity index (χ0v) is 13.9. The van der Waals surface area contributed by atoms with Gasteiger partial charge in [-0.3, -0.25) is 0 Å². The summed E-state index contributed by atoms with van der Waals surface area (Å²) in [4.78, 5) is 0. The highest BCUT2D eigenvalue weighted by Gasteiger charge is 2.17. The number of hydrogen-bond donors (Lipinski definition) is 1. The molecule has 0 saturated heterocycles. The molecule has 4 rings (SSSR count). The molecule has 4 heteroatoms. The summed E-state index contributed by atoms with van der Waals surface area (Å²) in [5, 5.41) is 21.5. The predicted octanol–water partition coefficient (Wildman–Crippen LogP) is 4.51. The molecule has 0 saturated carbocycles. The first-order valence-electron chi connectivity index (χ1n) is 8.26. The van der Waals surface area contributed by atoms with Gasteiger partial charge in [0.2, 0.25) is 0 Å². The molecule has 26 heavy (non-hydrogen) atoms. The molecule has 124 valence electrons. The molecule has 1 aliphatic rings. The van der Waals surface area contributed by atoms with Crippen LogP contribution in [0, 0.1) is 28.5 Å². The van der Waals surface area contributed by atoms with Crippen LogP contribution < -0.4 is 5.32 Å². The van der Waals surface area contributed by atoms with Gasteiger partial charge < -0.3 is 5.32 Å². The van der Waals surface area contributed by atoms with Crippen molar-refractivity contribution in [1.82, 2.24) is 5.32 Å². The molecule has 1 N–H and O–H groups in total. The molecule has 0 bridgehead atoms. The molecule has 0 amide bonds. The zero-order valence-electron chi connectivity index (χ0n) is 13.9. The summed E-state index contributed by atoms with van der Waals surface area (Å²) in [5.41, 5.74) is 6.49. The summed E-state index contributed by atoms with van der Waals surface area (Å²) in [6.07, 6.45) is 0. The van der Waals surface area contributed by atoms with E-state index in [9.17, 15) is 9.65 Å². The van der Waals surface area contributed by atoms with Crippen LogP contribution in [-0.4, -0.2) is 0 Å². The van der Waals surface area contributed by atoms with Crippen molar-refractivity contribution < 1.29 is 4.39 Å². The molecular formula is C22H14FN3. The second kappa shape index (κ2) is 6.44. The van der Waals surface area contributed by atoms with E-state index < -0.39 is 5.82 Å². The van der Waals surface area contributed by atoms with Gasteiger partial charge in [0.25, 0.3) is 0 Å². The molecule has 1 heterocycles. The van der Waals surface area contributed by atoms with Gasteiger partial charge in [-0.25, -0.2) is 4.39 Å². The Morgan fingerprint density at radius 2 is 1.50 bits per heavy atom. The fourth-order valence-corrected chi connectivity index (χ4v) is 3.36. The first kappa shape index (κ1) is 16.0. The SMILES string of the molecule is N#Cc1cccc(-c2cc3c(cc2-c2ccc(C#N)c(F)c2)CNC3)c1. The lowest BCUT2D eigenvalue weighted by atomic mass is 9.90. The summed E-state index contributed by atoms with van der Waals surface area (Å²) in [7, 11) is 0. The van der Waals surface area contributed by atoms with E-state index in [-0.39, 0.29) is 5.56 Å². The molecule has 0 fully saturated rings. The van der Waals surface area contributed by atoms with Gasteiger partial charge in [-0.2, -0.15) is 10.5 Å². The van der Waals surface area contributed by atoms with Crippen LogP contribution in [0.15, 0.2) is 54.6 Å². The highest BCUT2D eigenvalue weighted by Crippen LogP contribution is 2.36. The predicted molar refractivity (Wildman–Crippen MR) is 97.2 cm³/mol. The lowest BCUT2D eigenvalue weighted by Crippen LogP contribution is -1.99. The Morgan fingerprint density at radius 1 is 0.808 bits per heavy atom. The van der Waals surface area contributed by atoms with E-state index in [0.29, 0.717) is 11.1 Å². The van der Waals surface area contributed by atoms with Crippen molar-refractivity contribution in [3.8, 4) is 34.4 Å². The maximum Gasteiger partial charge on any atom is 0.141 e. The molecular weight excluding hydrogens is 325 g/mol. The van der Waals surface area contributed by atoms with Crippen molar-refractivity contribution in [3.63, 3.8) is 0 Å². The summed E-state index contributed by atoms with van der Waals surface area (Å²) >= 11 is 0. The third-order valence-corrected chi connectivity index (χ3v) is 4.67. The Bertz CT molecular complexity index is 1100. The fraction of sp³-hybridized carbons (Fsp3) is 0.0909. The molecule has 0 spiro atoms. The molecule has 3 aromatic carbocycles. The van der Waals surface area contributed by atoms with Crippen LogP contribution in [0.3, 0.4) is 0 Å². The van der Waals surface area contributed by atoms with Crippen LogP contribution in [0.1, 0.15) is 22.3 Å². The van der Waals surface area contributed by atoms with Crippen LogP contribution >= 0.6 is 0 Å². The Morgan fingerprint density at radius 3 is 2.12 bits per heavy atom. The summed E-state index contributed by atoms with van der Waals surface area (Å²) in [5.74, 6) is -0.527. The van der Waals surface area contributed by atoms with Crippen molar-refractivity contribution in [3.05, 3.63) is 82.7 Å². The van der Waals surface area contributed by atoms with Gasteiger partial charge in [-0.05, 0) is 69.8 Å². The quantitative estimate of drug-likeness (QED) is 0.747. The average Bonchev–Trinajstić information content (AvgIpc) is 3.14. The van der Waals surface area contributed by atoms with E-state index in [1.54, 1.807) is 12.1 Å². The third kappa shape index (κ3) is 2.73. The number of halogens is 1. The smallest absolute Gasteiger partial charge is 0.141 e. The number of nitriles is 2. The molecule has 3 aromatic rings. The minimum Gasteiger partial charge on any atom is -0.309 e.